The lowest BCUT2D eigenvalue weighted by molar-refractivity contribution is 1.48. The third kappa shape index (κ3) is 7.32. The number of hydrogen-bond donors (Lipinski definition) is 0. The van der Waals surface area contributed by atoms with Crippen molar-refractivity contribution in [2.75, 3.05) is 0 Å². The maximum Gasteiger partial charge on any atom is 0.0191 e. The van der Waals surface area contributed by atoms with Crippen LogP contribution in [0.5, 0.6) is 0 Å². The van der Waals surface area contributed by atoms with Crippen molar-refractivity contribution in [2.45, 2.75) is 9.79 Å². The predicted octanol–water partition coefficient (Wildman–Crippen LogP) is 6.82. The molecular formula is C18H16S3. The smallest absolute Gasteiger partial charge is 0.0191 e. The van der Waals surface area contributed by atoms with Crippen LogP contribution < -0.4 is 0 Å². The maximum absolute atomic E-state index is 2.13. The molecule has 3 rings (SSSR count). The Morgan fingerprint density at radius 2 is 0.667 bits per heavy atom. The van der Waals surface area contributed by atoms with Gasteiger partial charge in [0.25, 0.3) is 0 Å². The summed E-state index contributed by atoms with van der Waals surface area (Å²) in [6.07, 6.45) is 0. The van der Waals surface area contributed by atoms with E-state index in [2.05, 4.69) is 48.5 Å². The van der Waals surface area contributed by atoms with Crippen molar-refractivity contribution in [1.82, 2.24) is 0 Å². The molecule has 0 aliphatic carbocycles. The summed E-state index contributed by atoms with van der Waals surface area (Å²) in [5, 5.41) is 0. The Kier molecular flexibility index (Phi) is 8.00. The van der Waals surface area contributed by atoms with E-state index in [0.29, 0.717) is 0 Å². The third-order valence-electron chi connectivity index (χ3n) is 2.41. The van der Waals surface area contributed by atoms with Crippen molar-refractivity contribution in [2.24, 2.45) is 0 Å². The maximum atomic E-state index is 2.13. The second-order valence-electron chi connectivity index (χ2n) is 4.02. The van der Waals surface area contributed by atoms with E-state index in [-0.39, 0.29) is 0 Å². The Hall–Kier alpha value is -1.29. The first-order valence-corrected chi connectivity index (χ1v) is 10.0. The van der Waals surface area contributed by atoms with E-state index in [1.807, 2.05) is 48.5 Å². The lowest BCUT2D eigenvalue weighted by Gasteiger charge is -1.99. The monoisotopic (exact) mass is 328 g/mol. The molecule has 3 heteroatoms. The molecule has 0 aliphatic rings. The van der Waals surface area contributed by atoms with Gasteiger partial charge in [-0.1, -0.05) is 72.8 Å². The highest BCUT2D eigenvalue weighted by Crippen LogP contribution is 2.43. The average Bonchev–Trinajstić information content (AvgIpc) is 2.59. The van der Waals surface area contributed by atoms with Gasteiger partial charge in [0.15, 0.2) is 0 Å². The molecule has 3 aromatic rings. The van der Waals surface area contributed by atoms with Crippen molar-refractivity contribution in [1.29, 1.82) is 0 Å². The van der Waals surface area contributed by atoms with Gasteiger partial charge in [-0.2, -0.15) is 0 Å². The molecule has 106 valence electrons. The molecule has 0 saturated carbocycles. The van der Waals surface area contributed by atoms with Crippen LogP contribution >= 0.6 is 31.4 Å². The molecule has 0 radical (unpaired) electrons. The molecule has 0 saturated heterocycles. The van der Waals surface area contributed by atoms with E-state index in [4.69, 9.17) is 0 Å². The first-order chi connectivity index (χ1) is 10.4. The van der Waals surface area contributed by atoms with Crippen LogP contribution in [-0.2, 0) is 0 Å². The quantitative estimate of drug-likeness (QED) is 0.482. The first kappa shape index (κ1) is 16.1. The second-order valence-corrected chi connectivity index (χ2v) is 8.06. The normalized spacial score (nSPS) is 9.52. The average molecular weight is 329 g/mol. The fourth-order valence-corrected chi connectivity index (χ4v) is 5.12. The Labute approximate surface area is 138 Å². The molecule has 0 N–H and O–H groups in total. The summed E-state index contributed by atoms with van der Waals surface area (Å²) in [7, 11) is 5.38. The van der Waals surface area contributed by atoms with Gasteiger partial charge in [-0.25, -0.2) is 0 Å². The minimum absolute atomic E-state index is 1.30. The Morgan fingerprint density at radius 3 is 1.00 bits per heavy atom. The van der Waals surface area contributed by atoms with Crippen LogP contribution in [0.4, 0.5) is 0 Å². The minimum atomic E-state index is 1.30. The molecule has 0 bridgehead atoms. The largest absolute Gasteiger partial charge is 0.0623 e. The minimum Gasteiger partial charge on any atom is -0.0623 e. The standard InChI is InChI=1S/C12H10S3.C6H6/c1-3-7-11(8-4-1)13-15-14-12-9-5-2-6-10-12;1-2-4-6-5-3-1/h1-10H;1-6H. The molecule has 0 fully saturated rings. The van der Waals surface area contributed by atoms with Crippen LogP contribution in [-0.4, -0.2) is 0 Å². The topological polar surface area (TPSA) is 0 Å². The summed E-state index contributed by atoms with van der Waals surface area (Å²) in [6, 6.07) is 32.9. The number of rotatable bonds is 4. The summed E-state index contributed by atoms with van der Waals surface area (Å²) >= 11 is 0. The molecule has 3 aromatic carbocycles. The Bertz CT molecular complexity index is 516. The van der Waals surface area contributed by atoms with E-state index in [0.717, 1.165) is 0 Å². The summed E-state index contributed by atoms with van der Waals surface area (Å²) in [5.41, 5.74) is 0. The van der Waals surface area contributed by atoms with Gasteiger partial charge in [0, 0.05) is 9.79 Å². The van der Waals surface area contributed by atoms with Gasteiger partial charge in [0.1, 0.15) is 0 Å². The van der Waals surface area contributed by atoms with E-state index < -0.39 is 0 Å². The van der Waals surface area contributed by atoms with Crippen molar-refractivity contribution >= 4 is 31.4 Å². The lowest BCUT2D eigenvalue weighted by atomic mass is 10.4. The first-order valence-electron chi connectivity index (χ1n) is 6.56. The Balaban J connectivity index is 0.000000225. The van der Waals surface area contributed by atoms with E-state index in [1.54, 1.807) is 31.4 Å². The zero-order valence-electron chi connectivity index (χ0n) is 11.5. The Morgan fingerprint density at radius 1 is 0.381 bits per heavy atom. The molecule has 0 spiro atoms. The van der Waals surface area contributed by atoms with Gasteiger partial charge in [0.2, 0.25) is 0 Å². The van der Waals surface area contributed by atoms with Gasteiger partial charge in [-0.3, -0.25) is 0 Å². The highest BCUT2D eigenvalue weighted by molar-refractivity contribution is 9.09. The summed E-state index contributed by atoms with van der Waals surface area (Å²) in [6.45, 7) is 0. The van der Waals surface area contributed by atoms with E-state index >= 15 is 0 Å². The van der Waals surface area contributed by atoms with Crippen LogP contribution in [0.15, 0.2) is 107 Å². The van der Waals surface area contributed by atoms with Gasteiger partial charge in [-0.15, -0.1) is 0 Å². The molecule has 0 heterocycles. The van der Waals surface area contributed by atoms with Crippen LogP contribution in [0.1, 0.15) is 0 Å². The predicted molar refractivity (Wildman–Crippen MR) is 98.6 cm³/mol. The molecule has 0 unspecified atom stereocenters. The van der Waals surface area contributed by atoms with Crippen LogP contribution in [0.25, 0.3) is 0 Å². The zero-order valence-corrected chi connectivity index (χ0v) is 13.9. The van der Waals surface area contributed by atoms with Crippen molar-refractivity contribution < 1.29 is 0 Å². The molecule has 0 aliphatic heterocycles. The van der Waals surface area contributed by atoms with E-state index in [1.165, 1.54) is 9.79 Å². The SMILES string of the molecule is c1ccc(SSSc2ccccc2)cc1.c1ccccc1. The van der Waals surface area contributed by atoms with Crippen LogP contribution in [0.2, 0.25) is 0 Å². The van der Waals surface area contributed by atoms with Gasteiger partial charge < -0.3 is 0 Å². The third-order valence-corrected chi connectivity index (χ3v) is 6.27. The molecular weight excluding hydrogens is 312 g/mol. The molecule has 0 amide bonds. The van der Waals surface area contributed by atoms with Crippen molar-refractivity contribution in [3.05, 3.63) is 97.1 Å². The molecule has 0 aromatic heterocycles. The highest BCUT2D eigenvalue weighted by Gasteiger charge is 1.95. The van der Waals surface area contributed by atoms with Crippen LogP contribution in [0, 0.1) is 0 Å². The summed E-state index contributed by atoms with van der Waals surface area (Å²) < 4.78 is 0. The van der Waals surface area contributed by atoms with Gasteiger partial charge in [-0.05, 0) is 55.7 Å². The fraction of sp³-hybridized carbons (Fsp3) is 0. The molecule has 0 atom stereocenters. The summed E-state index contributed by atoms with van der Waals surface area (Å²) in [4.78, 5) is 2.59. The van der Waals surface area contributed by atoms with E-state index in [9.17, 15) is 0 Å². The number of benzene rings is 3. The summed E-state index contributed by atoms with van der Waals surface area (Å²) in [5.74, 6) is 0. The fourth-order valence-electron chi connectivity index (χ4n) is 1.43. The molecule has 21 heavy (non-hydrogen) atoms. The van der Waals surface area contributed by atoms with Crippen molar-refractivity contribution in [3.63, 3.8) is 0 Å². The second kappa shape index (κ2) is 10.4. The van der Waals surface area contributed by atoms with Crippen LogP contribution in [0.3, 0.4) is 0 Å². The van der Waals surface area contributed by atoms with Gasteiger partial charge in [0.05, 0.1) is 0 Å². The highest BCUT2D eigenvalue weighted by atomic mass is 33.5. The van der Waals surface area contributed by atoms with Crippen molar-refractivity contribution in [3.8, 4) is 0 Å². The molecule has 0 nitrogen and oxygen atoms in total. The zero-order chi connectivity index (χ0) is 14.6. The lowest BCUT2D eigenvalue weighted by Crippen LogP contribution is -1.64. The number of hydrogen-bond acceptors (Lipinski definition) is 3. The van der Waals surface area contributed by atoms with Gasteiger partial charge >= 0.3 is 0 Å².